The van der Waals surface area contributed by atoms with E-state index in [4.69, 9.17) is 0 Å². The van der Waals surface area contributed by atoms with Crippen LogP contribution >= 0.6 is 0 Å². The zero-order valence-electron chi connectivity index (χ0n) is 10.7. The van der Waals surface area contributed by atoms with Gasteiger partial charge in [0.2, 0.25) is 0 Å². The van der Waals surface area contributed by atoms with Crippen LogP contribution in [0.4, 0.5) is 0 Å². The van der Waals surface area contributed by atoms with Gasteiger partial charge in [-0.2, -0.15) is 0 Å². The Morgan fingerprint density at radius 2 is 1.29 bits per heavy atom. The van der Waals surface area contributed by atoms with Crippen LogP contribution < -0.4 is 0 Å². The molecule has 2 rings (SSSR count). The fraction of sp³-hybridized carbons (Fsp3) is 1.00. The maximum Gasteiger partial charge on any atom is 0.134 e. The highest BCUT2D eigenvalue weighted by molar-refractivity contribution is 4.77. The van der Waals surface area contributed by atoms with Crippen molar-refractivity contribution in [1.82, 2.24) is 9.80 Å². The molecule has 0 bridgehead atoms. The van der Waals surface area contributed by atoms with Crippen LogP contribution in [-0.4, -0.2) is 65.1 Å². The minimum atomic E-state index is -0.669. The third kappa shape index (κ3) is 3.91. The molecule has 0 amide bonds. The van der Waals surface area contributed by atoms with Crippen LogP contribution in [0.2, 0.25) is 0 Å². The number of likely N-dealkylation sites (tertiary alicyclic amines) is 2. The lowest BCUT2D eigenvalue weighted by molar-refractivity contribution is -0.0987. The van der Waals surface area contributed by atoms with Gasteiger partial charge in [0.1, 0.15) is 12.3 Å². The van der Waals surface area contributed by atoms with E-state index in [9.17, 15) is 10.2 Å². The van der Waals surface area contributed by atoms with E-state index >= 15 is 0 Å². The molecule has 0 aromatic rings. The molecule has 0 aliphatic carbocycles. The first-order valence-electron chi connectivity index (χ1n) is 7.10. The number of hydrogen-bond acceptors (Lipinski definition) is 4. The molecule has 2 heterocycles. The molecule has 2 atom stereocenters. The van der Waals surface area contributed by atoms with Gasteiger partial charge in [0.05, 0.1) is 0 Å². The van der Waals surface area contributed by atoms with Gasteiger partial charge in [-0.15, -0.1) is 0 Å². The Balaban J connectivity index is 1.75. The molecular formula is C13H26N2O2. The van der Waals surface area contributed by atoms with Gasteiger partial charge in [-0.05, 0) is 38.8 Å². The summed E-state index contributed by atoms with van der Waals surface area (Å²) in [6.45, 7) is 4.63. The van der Waals surface area contributed by atoms with E-state index in [-0.39, 0.29) is 0 Å². The second-order valence-electron chi connectivity index (χ2n) is 5.44. The fourth-order valence-electron chi connectivity index (χ4n) is 2.93. The average Bonchev–Trinajstić information content (AvgIpc) is 2.40. The summed E-state index contributed by atoms with van der Waals surface area (Å²) in [7, 11) is 0. The van der Waals surface area contributed by atoms with Crippen LogP contribution in [0.5, 0.6) is 0 Å². The van der Waals surface area contributed by atoms with Crippen LogP contribution in [-0.2, 0) is 0 Å². The predicted octanol–water partition coefficient (Wildman–Crippen LogP) is 0.637. The van der Waals surface area contributed by atoms with Crippen molar-refractivity contribution in [3.05, 3.63) is 0 Å². The summed E-state index contributed by atoms with van der Waals surface area (Å²) in [4.78, 5) is 4.31. The van der Waals surface area contributed by atoms with Crippen LogP contribution in [0.1, 0.15) is 38.5 Å². The lowest BCUT2D eigenvalue weighted by atomic mass is 10.1. The van der Waals surface area contributed by atoms with E-state index in [0.717, 1.165) is 39.0 Å². The maximum absolute atomic E-state index is 10.1. The molecule has 2 aliphatic heterocycles. The van der Waals surface area contributed by atoms with Crippen LogP contribution in [0.25, 0.3) is 0 Å². The standard InChI is InChI=1S/C13H26N2O2/c16-12(11-14-7-3-1-4-8-14)13(17)15-9-5-2-6-10-15/h12-13,16-17H,1-11H2. The number of β-amino-alcohol motifs (C(OH)–C–C–N with tert-alkyl or cyclic N) is 1. The molecule has 4 heteroatoms. The van der Waals surface area contributed by atoms with Crippen molar-refractivity contribution in [2.24, 2.45) is 0 Å². The Morgan fingerprint density at radius 1 is 0.765 bits per heavy atom. The van der Waals surface area contributed by atoms with Gasteiger partial charge in [0.15, 0.2) is 0 Å². The van der Waals surface area contributed by atoms with Crippen molar-refractivity contribution < 1.29 is 10.2 Å². The van der Waals surface area contributed by atoms with Crippen molar-refractivity contribution >= 4 is 0 Å². The minimum absolute atomic E-state index is 0.619. The van der Waals surface area contributed by atoms with Crippen molar-refractivity contribution in [2.45, 2.75) is 50.9 Å². The molecule has 2 fully saturated rings. The number of aliphatic hydroxyl groups excluding tert-OH is 2. The van der Waals surface area contributed by atoms with Crippen LogP contribution in [0, 0.1) is 0 Å². The van der Waals surface area contributed by atoms with Crippen molar-refractivity contribution in [1.29, 1.82) is 0 Å². The Labute approximate surface area is 104 Å². The van der Waals surface area contributed by atoms with E-state index in [1.54, 1.807) is 0 Å². The highest BCUT2D eigenvalue weighted by Crippen LogP contribution is 2.15. The molecule has 0 aromatic carbocycles. The quantitative estimate of drug-likeness (QED) is 0.759. The lowest BCUT2D eigenvalue weighted by Gasteiger charge is -2.36. The summed E-state index contributed by atoms with van der Waals surface area (Å²) in [5, 5.41) is 20.2. The summed E-state index contributed by atoms with van der Waals surface area (Å²) in [5.41, 5.74) is 0. The van der Waals surface area contributed by atoms with Gasteiger partial charge in [0.25, 0.3) is 0 Å². The first kappa shape index (κ1) is 13.3. The first-order valence-corrected chi connectivity index (χ1v) is 7.10. The van der Waals surface area contributed by atoms with E-state index in [0.29, 0.717) is 6.54 Å². The van der Waals surface area contributed by atoms with Crippen LogP contribution in [0.3, 0.4) is 0 Å². The van der Waals surface area contributed by atoms with Gasteiger partial charge in [-0.3, -0.25) is 4.90 Å². The highest BCUT2D eigenvalue weighted by Gasteiger charge is 2.26. The van der Waals surface area contributed by atoms with E-state index < -0.39 is 12.3 Å². The summed E-state index contributed by atoms with van der Waals surface area (Å²) < 4.78 is 0. The number of rotatable bonds is 4. The Morgan fingerprint density at radius 3 is 1.88 bits per heavy atom. The molecule has 2 N–H and O–H groups in total. The van der Waals surface area contributed by atoms with Gasteiger partial charge >= 0.3 is 0 Å². The largest absolute Gasteiger partial charge is 0.388 e. The molecule has 2 aliphatic rings. The number of nitrogens with zero attached hydrogens (tertiary/aromatic N) is 2. The smallest absolute Gasteiger partial charge is 0.134 e. The second kappa shape index (κ2) is 6.69. The average molecular weight is 242 g/mol. The van der Waals surface area contributed by atoms with Crippen molar-refractivity contribution in [3.8, 4) is 0 Å². The van der Waals surface area contributed by atoms with E-state index in [1.807, 2.05) is 4.90 Å². The van der Waals surface area contributed by atoms with E-state index in [1.165, 1.54) is 25.7 Å². The van der Waals surface area contributed by atoms with Gasteiger partial charge in [-0.25, -0.2) is 0 Å². The molecule has 0 saturated carbocycles. The fourth-order valence-corrected chi connectivity index (χ4v) is 2.93. The molecule has 100 valence electrons. The zero-order chi connectivity index (χ0) is 12.1. The highest BCUT2D eigenvalue weighted by atomic mass is 16.3. The monoisotopic (exact) mass is 242 g/mol. The molecule has 2 unspecified atom stereocenters. The molecular weight excluding hydrogens is 216 g/mol. The van der Waals surface area contributed by atoms with Crippen LogP contribution in [0.15, 0.2) is 0 Å². The lowest BCUT2D eigenvalue weighted by Crippen LogP contribution is -2.50. The summed E-state index contributed by atoms with van der Waals surface area (Å²) in [6.07, 6.45) is 6.02. The molecule has 0 spiro atoms. The number of piperidine rings is 2. The maximum atomic E-state index is 10.1. The SMILES string of the molecule is OC(CN1CCCCC1)C(O)N1CCCCC1. The molecule has 2 saturated heterocycles. The third-order valence-corrected chi connectivity index (χ3v) is 4.00. The topological polar surface area (TPSA) is 46.9 Å². The predicted molar refractivity (Wildman–Crippen MR) is 67.7 cm³/mol. The van der Waals surface area contributed by atoms with Gasteiger partial charge in [0, 0.05) is 19.6 Å². The summed E-state index contributed by atoms with van der Waals surface area (Å²) in [5.74, 6) is 0. The van der Waals surface area contributed by atoms with Gasteiger partial charge < -0.3 is 15.1 Å². The molecule has 17 heavy (non-hydrogen) atoms. The van der Waals surface area contributed by atoms with Gasteiger partial charge in [-0.1, -0.05) is 12.8 Å². The first-order chi connectivity index (χ1) is 8.27. The zero-order valence-corrected chi connectivity index (χ0v) is 10.7. The Hall–Kier alpha value is -0.160. The number of aliphatic hydroxyl groups is 2. The number of hydrogen-bond donors (Lipinski definition) is 2. The Kier molecular flexibility index (Phi) is 5.22. The molecule has 0 aromatic heterocycles. The van der Waals surface area contributed by atoms with Crippen molar-refractivity contribution in [2.75, 3.05) is 32.7 Å². The normalized spacial score (nSPS) is 27.9. The van der Waals surface area contributed by atoms with Crippen molar-refractivity contribution in [3.63, 3.8) is 0 Å². The summed E-state index contributed by atoms with van der Waals surface area (Å²) in [6, 6.07) is 0. The molecule has 4 nitrogen and oxygen atoms in total. The molecule has 0 radical (unpaired) electrons. The third-order valence-electron chi connectivity index (χ3n) is 4.00. The van der Waals surface area contributed by atoms with E-state index in [2.05, 4.69) is 4.90 Å². The Bertz CT molecular complexity index is 213. The minimum Gasteiger partial charge on any atom is -0.388 e. The summed E-state index contributed by atoms with van der Waals surface area (Å²) >= 11 is 0. The second-order valence-corrected chi connectivity index (χ2v) is 5.44.